The Morgan fingerprint density at radius 1 is 1.78 bits per heavy atom. The van der Waals surface area contributed by atoms with Gasteiger partial charge in [-0.25, -0.2) is 0 Å². The van der Waals surface area contributed by atoms with E-state index in [1.807, 2.05) is 0 Å². The minimum atomic E-state index is -0.0912. The lowest BCUT2D eigenvalue weighted by atomic mass is 10.6. The molecule has 0 rings (SSSR count). The number of carbonyl (C=O) groups excluding carboxylic acids is 1. The predicted octanol–water partition coefficient (Wildman–Crippen LogP) is -0.321. The number of hydrogen-bond acceptors (Lipinski definition) is 3. The minimum Gasteiger partial charge on any atom is -0.375 e. The Balaban J connectivity index is 3.06. The number of thiol groups is 1. The van der Waals surface area contributed by atoms with Gasteiger partial charge in [-0.15, -0.1) is 0 Å². The minimum absolute atomic E-state index is 0.0912. The number of carbonyl (C=O) groups is 1. The van der Waals surface area contributed by atoms with Crippen LogP contribution in [0.15, 0.2) is 0 Å². The van der Waals surface area contributed by atoms with Crippen molar-refractivity contribution in [2.45, 2.75) is 0 Å². The summed E-state index contributed by atoms with van der Waals surface area (Å²) in [5, 5.41) is 2.59. The molecule has 0 heterocycles. The largest absolute Gasteiger partial charge is 0.375 e. The maximum atomic E-state index is 10.5. The molecular formula is C5H11NO2S. The molecule has 4 heteroatoms. The number of rotatable bonds is 4. The SMILES string of the molecule is COCC(=O)NCCS. The van der Waals surface area contributed by atoms with Gasteiger partial charge >= 0.3 is 0 Å². The van der Waals surface area contributed by atoms with Crippen molar-refractivity contribution >= 4 is 18.5 Å². The maximum Gasteiger partial charge on any atom is 0.246 e. The van der Waals surface area contributed by atoms with E-state index in [2.05, 4.69) is 22.7 Å². The lowest BCUT2D eigenvalue weighted by molar-refractivity contribution is -0.124. The maximum absolute atomic E-state index is 10.5. The molecule has 0 aliphatic heterocycles. The van der Waals surface area contributed by atoms with Crippen molar-refractivity contribution in [3.8, 4) is 0 Å². The van der Waals surface area contributed by atoms with Gasteiger partial charge in [0.05, 0.1) is 0 Å². The normalized spacial score (nSPS) is 9.11. The summed E-state index contributed by atoms with van der Waals surface area (Å²) in [6.07, 6.45) is 0. The Hall–Kier alpha value is -0.220. The van der Waals surface area contributed by atoms with E-state index < -0.39 is 0 Å². The molecule has 0 fully saturated rings. The first kappa shape index (κ1) is 8.78. The van der Waals surface area contributed by atoms with Crippen LogP contribution in [0.3, 0.4) is 0 Å². The topological polar surface area (TPSA) is 38.3 Å². The Kier molecular flexibility index (Phi) is 5.76. The first-order valence-electron chi connectivity index (χ1n) is 2.67. The summed E-state index contributed by atoms with van der Waals surface area (Å²) in [4.78, 5) is 10.5. The highest BCUT2D eigenvalue weighted by Crippen LogP contribution is 1.71. The quantitative estimate of drug-likeness (QED) is 0.538. The number of methoxy groups -OCH3 is 1. The summed E-state index contributed by atoms with van der Waals surface area (Å²) in [7, 11) is 1.49. The third kappa shape index (κ3) is 5.65. The van der Waals surface area contributed by atoms with Crippen LogP contribution < -0.4 is 5.32 Å². The average Bonchev–Trinajstić information content (AvgIpc) is 1.85. The van der Waals surface area contributed by atoms with Gasteiger partial charge in [-0.05, 0) is 0 Å². The second-order valence-corrected chi connectivity index (χ2v) is 1.95. The van der Waals surface area contributed by atoms with Gasteiger partial charge in [0.1, 0.15) is 6.61 Å². The highest BCUT2D eigenvalue weighted by molar-refractivity contribution is 7.80. The summed E-state index contributed by atoms with van der Waals surface area (Å²) in [6.45, 7) is 0.735. The predicted molar refractivity (Wildman–Crippen MR) is 38.7 cm³/mol. The molecule has 1 amide bonds. The summed E-state index contributed by atoms with van der Waals surface area (Å²) < 4.78 is 4.56. The van der Waals surface area contributed by atoms with Gasteiger partial charge in [0, 0.05) is 19.4 Å². The summed E-state index contributed by atoms with van der Waals surface area (Å²) >= 11 is 3.91. The molecule has 0 radical (unpaired) electrons. The Morgan fingerprint density at radius 3 is 2.89 bits per heavy atom. The highest BCUT2D eigenvalue weighted by atomic mass is 32.1. The molecule has 9 heavy (non-hydrogen) atoms. The van der Waals surface area contributed by atoms with Gasteiger partial charge in [0.2, 0.25) is 5.91 Å². The average molecular weight is 149 g/mol. The molecule has 0 atom stereocenters. The van der Waals surface area contributed by atoms with Gasteiger partial charge in [-0.2, -0.15) is 12.6 Å². The van der Waals surface area contributed by atoms with E-state index in [9.17, 15) is 4.79 Å². The van der Waals surface area contributed by atoms with Gasteiger partial charge in [-0.3, -0.25) is 4.79 Å². The fourth-order valence-electron chi connectivity index (χ4n) is 0.377. The van der Waals surface area contributed by atoms with Crippen molar-refractivity contribution in [3.05, 3.63) is 0 Å². The van der Waals surface area contributed by atoms with Crippen LogP contribution in [-0.2, 0) is 9.53 Å². The second kappa shape index (κ2) is 5.91. The lowest BCUT2D eigenvalue weighted by Gasteiger charge is -1.99. The summed E-state index contributed by atoms with van der Waals surface area (Å²) in [5.41, 5.74) is 0. The number of hydrogen-bond donors (Lipinski definition) is 2. The van der Waals surface area contributed by atoms with Crippen LogP contribution in [0.5, 0.6) is 0 Å². The molecule has 0 aromatic heterocycles. The van der Waals surface area contributed by atoms with Gasteiger partial charge in [-0.1, -0.05) is 0 Å². The molecule has 0 saturated carbocycles. The van der Waals surface area contributed by atoms with E-state index in [4.69, 9.17) is 0 Å². The van der Waals surface area contributed by atoms with E-state index in [1.54, 1.807) is 0 Å². The molecule has 0 aliphatic rings. The van der Waals surface area contributed by atoms with E-state index in [0.29, 0.717) is 12.3 Å². The van der Waals surface area contributed by atoms with E-state index >= 15 is 0 Å². The van der Waals surface area contributed by atoms with E-state index in [0.717, 1.165) is 0 Å². The van der Waals surface area contributed by atoms with Crippen LogP contribution >= 0.6 is 12.6 Å². The lowest BCUT2D eigenvalue weighted by Crippen LogP contribution is -2.28. The molecule has 3 nitrogen and oxygen atoms in total. The molecule has 54 valence electrons. The van der Waals surface area contributed by atoms with Gasteiger partial charge in [0.25, 0.3) is 0 Å². The van der Waals surface area contributed by atoms with Crippen molar-refractivity contribution < 1.29 is 9.53 Å². The van der Waals surface area contributed by atoms with Crippen LogP contribution in [0.2, 0.25) is 0 Å². The number of ether oxygens (including phenoxy) is 1. The standard InChI is InChI=1S/C5H11NO2S/c1-8-4-5(7)6-2-3-9/h9H,2-4H2,1H3,(H,6,7). The molecule has 0 bridgehead atoms. The van der Waals surface area contributed by atoms with Crippen molar-refractivity contribution in [2.75, 3.05) is 26.0 Å². The molecule has 0 aliphatic carbocycles. The molecule has 0 aromatic carbocycles. The first-order valence-corrected chi connectivity index (χ1v) is 3.31. The van der Waals surface area contributed by atoms with Crippen molar-refractivity contribution in [2.24, 2.45) is 0 Å². The number of amides is 1. The summed E-state index contributed by atoms with van der Waals surface area (Å²) in [6, 6.07) is 0. The van der Waals surface area contributed by atoms with Crippen molar-refractivity contribution in [1.29, 1.82) is 0 Å². The van der Waals surface area contributed by atoms with Gasteiger partial charge < -0.3 is 10.1 Å². The van der Waals surface area contributed by atoms with Gasteiger partial charge in [0.15, 0.2) is 0 Å². The van der Waals surface area contributed by atoms with E-state index in [-0.39, 0.29) is 12.5 Å². The monoisotopic (exact) mass is 149 g/mol. The van der Waals surface area contributed by atoms with Crippen LogP contribution in [0.25, 0.3) is 0 Å². The highest BCUT2D eigenvalue weighted by Gasteiger charge is 1.95. The Labute approximate surface area is 60.2 Å². The van der Waals surface area contributed by atoms with Crippen LogP contribution in [0.4, 0.5) is 0 Å². The zero-order valence-electron chi connectivity index (χ0n) is 5.39. The molecule has 0 saturated heterocycles. The molecule has 0 spiro atoms. The molecule has 0 aromatic rings. The Morgan fingerprint density at radius 2 is 2.44 bits per heavy atom. The molecule has 1 N–H and O–H groups in total. The first-order chi connectivity index (χ1) is 4.31. The van der Waals surface area contributed by atoms with Crippen LogP contribution in [0.1, 0.15) is 0 Å². The van der Waals surface area contributed by atoms with Crippen molar-refractivity contribution in [1.82, 2.24) is 5.32 Å². The fraction of sp³-hybridized carbons (Fsp3) is 0.800. The second-order valence-electron chi connectivity index (χ2n) is 1.51. The van der Waals surface area contributed by atoms with Crippen LogP contribution in [-0.4, -0.2) is 31.9 Å². The molecule has 0 unspecified atom stereocenters. The van der Waals surface area contributed by atoms with Crippen molar-refractivity contribution in [3.63, 3.8) is 0 Å². The third-order valence-electron chi connectivity index (χ3n) is 0.709. The van der Waals surface area contributed by atoms with E-state index in [1.165, 1.54) is 7.11 Å². The molecular weight excluding hydrogens is 138 g/mol. The zero-order valence-corrected chi connectivity index (χ0v) is 6.28. The third-order valence-corrected chi connectivity index (χ3v) is 0.933. The van der Waals surface area contributed by atoms with Crippen LogP contribution in [0, 0.1) is 0 Å². The zero-order chi connectivity index (χ0) is 7.11. The fourth-order valence-corrected chi connectivity index (χ4v) is 0.489. The smallest absolute Gasteiger partial charge is 0.246 e. The summed E-state index contributed by atoms with van der Waals surface area (Å²) in [5.74, 6) is 0.571. The number of nitrogens with one attached hydrogen (secondary N) is 1. The Bertz CT molecular complexity index is 87.0.